The largest absolute Gasteiger partial charge is 0.573 e. The molecule has 0 spiro atoms. The van der Waals surface area contributed by atoms with Crippen LogP contribution in [0, 0.1) is 5.82 Å². The Bertz CT molecular complexity index is 1760. The van der Waals surface area contributed by atoms with Crippen LogP contribution in [0.4, 0.5) is 30.7 Å². The number of hydrogen-bond donors (Lipinski definition) is 0. The summed E-state index contributed by atoms with van der Waals surface area (Å²) in [6.45, 7) is 9.86. The second-order valence-corrected chi connectivity index (χ2v) is 20.5. The molecule has 0 saturated heterocycles. The molecule has 0 saturated carbocycles. The van der Waals surface area contributed by atoms with E-state index in [4.69, 9.17) is 4.74 Å². The number of benzene rings is 2. The van der Waals surface area contributed by atoms with Gasteiger partial charge in [-0.3, -0.25) is 9.59 Å². The predicted octanol–water partition coefficient (Wildman–Crippen LogP) is 9.21. The van der Waals surface area contributed by atoms with E-state index in [-0.39, 0.29) is 60.1 Å². The Balaban J connectivity index is 0.000000540. The fourth-order valence-electron chi connectivity index (χ4n) is 4.77. The number of hydrogen-bond acceptors (Lipinski definition) is 8. The number of halogens is 7. The van der Waals surface area contributed by atoms with Crippen LogP contribution in [-0.2, 0) is 48.3 Å². The number of Topliss-reactive ketones (excluding diaryl/α,β-unsaturated/α-hetero) is 2. The Kier molecular flexibility index (Phi) is 18.2. The van der Waals surface area contributed by atoms with E-state index in [1.807, 2.05) is 0 Å². The van der Waals surface area contributed by atoms with Crippen LogP contribution in [0.25, 0.3) is 0 Å². The van der Waals surface area contributed by atoms with Crippen LogP contribution in [0.5, 0.6) is 11.5 Å². The third kappa shape index (κ3) is 17.5. The summed E-state index contributed by atoms with van der Waals surface area (Å²) >= 11 is 0. The van der Waals surface area contributed by atoms with E-state index in [1.54, 1.807) is 41.5 Å². The van der Waals surface area contributed by atoms with Crippen molar-refractivity contribution in [3.05, 3.63) is 58.9 Å². The Labute approximate surface area is 314 Å². The summed E-state index contributed by atoms with van der Waals surface area (Å²) in [5.74, 6) is -2.64. The van der Waals surface area contributed by atoms with Crippen LogP contribution in [0.1, 0.15) is 110 Å². The van der Waals surface area contributed by atoms with Crippen LogP contribution in [0.15, 0.2) is 36.4 Å². The van der Waals surface area contributed by atoms with Gasteiger partial charge in [0.1, 0.15) is 17.3 Å². The van der Waals surface area contributed by atoms with Crippen LogP contribution < -0.4 is 9.47 Å². The van der Waals surface area contributed by atoms with E-state index in [0.717, 1.165) is 25.3 Å². The molecule has 0 amide bonds. The molecule has 0 aromatic heterocycles. The number of carbonyl (C=O) groups is 2. The van der Waals surface area contributed by atoms with Gasteiger partial charge in [0.05, 0.1) is 33.7 Å². The Morgan fingerprint density at radius 2 is 1.02 bits per heavy atom. The summed E-state index contributed by atoms with van der Waals surface area (Å²) in [5.41, 5.74) is -0.197. The third-order valence-corrected chi connectivity index (χ3v) is 13.6. The molecule has 2 aromatic rings. The van der Waals surface area contributed by atoms with Crippen molar-refractivity contribution < 1.29 is 66.6 Å². The fourth-order valence-corrected chi connectivity index (χ4v) is 7.16. The van der Waals surface area contributed by atoms with Gasteiger partial charge in [-0.05, 0) is 103 Å². The zero-order valence-electron chi connectivity index (χ0n) is 31.7. The summed E-state index contributed by atoms with van der Waals surface area (Å²) in [7, 11) is -5.20. The van der Waals surface area contributed by atoms with Crippen LogP contribution in [0.2, 0.25) is 0 Å². The van der Waals surface area contributed by atoms with Gasteiger partial charge in [0.15, 0.2) is 31.2 Å². The van der Waals surface area contributed by atoms with Crippen LogP contribution >= 0.6 is 0 Å². The molecule has 0 radical (unpaired) electrons. The number of ether oxygens (including phenoxy) is 2. The summed E-state index contributed by atoms with van der Waals surface area (Å²) in [5, 5.41) is 0. The van der Waals surface area contributed by atoms with Gasteiger partial charge in [0.25, 0.3) is 0 Å². The maximum absolute atomic E-state index is 13.3. The normalized spacial score (nSPS) is 12.9. The fraction of sp³-hybridized carbons (Fsp3) is 0.622. The van der Waals surface area contributed by atoms with Crippen molar-refractivity contribution in [1.82, 2.24) is 0 Å². The Morgan fingerprint density at radius 1 is 0.611 bits per heavy atom. The van der Waals surface area contributed by atoms with Gasteiger partial charge in [-0.25, -0.2) is 21.2 Å². The van der Waals surface area contributed by atoms with Gasteiger partial charge in [-0.15, -0.1) is 13.2 Å². The lowest BCUT2D eigenvalue weighted by molar-refractivity contribution is -0.275. The van der Waals surface area contributed by atoms with E-state index in [1.165, 1.54) is 18.2 Å². The molecule has 0 aliphatic heterocycles. The van der Waals surface area contributed by atoms with Gasteiger partial charge in [-0.1, -0.05) is 25.0 Å². The Morgan fingerprint density at radius 3 is 1.39 bits per heavy atom. The molecule has 0 N–H and O–H groups in total. The molecule has 0 atom stereocenters. The molecule has 308 valence electrons. The van der Waals surface area contributed by atoms with E-state index in [0.29, 0.717) is 44.1 Å². The number of methoxy groups -OCH3 is 1. The average Bonchev–Trinajstić information content (AvgIpc) is 3.00. The first-order valence-electron chi connectivity index (χ1n) is 17.3. The number of carbonyl (C=O) groups excluding carboxylic acids is 2. The number of alkyl halides is 6. The molecule has 8 nitrogen and oxygen atoms in total. The number of unbranched alkanes of at least 4 members (excludes halogenated alkanes) is 4. The molecule has 2 rings (SSSR count). The molecule has 0 heterocycles. The molecular formula is C37H51F7O8S2. The second-order valence-electron chi connectivity index (χ2n) is 14.8. The predicted molar refractivity (Wildman–Crippen MR) is 193 cm³/mol. The van der Waals surface area contributed by atoms with E-state index < -0.39 is 58.8 Å². The maximum Gasteiger partial charge on any atom is 0.573 e. The van der Waals surface area contributed by atoms with Crippen molar-refractivity contribution >= 4 is 31.2 Å². The van der Waals surface area contributed by atoms with Crippen molar-refractivity contribution in [2.45, 2.75) is 128 Å². The first kappa shape index (κ1) is 48.8. The zero-order chi connectivity index (χ0) is 41.8. The third-order valence-electron chi connectivity index (χ3n) is 8.20. The van der Waals surface area contributed by atoms with Crippen molar-refractivity contribution in [1.29, 1.82) is 0 Å². The van der Waals surface area contributed by atoms with E-state index in [2.05, 4.69) is 4.74 Å². The summed E-state index contributed by atoms with van der Waals surface area (Å²) in [4.78, 5) is 24.0. The van der Waals surface area contributed by atoms with Gasteiger partial charge in [0, 0.05) is 25.7 Å². The highest BCUT2D eigenvalue weighted by molar-refractivity contribution is 7.93. The first-order valence-corrected chi connectivity index (χ1v) is 20.6. The van der Waals surface area contributed by atoms with Crippen LogP contribution in [-0.4, -0.2) is 62.9 Å². The molecule has 0 unspecified atom stereocenters. The summed E-state index contributed by atoms with van der Waals surface area (Å²) in [6, 6.07) is 6.33. The molecular weight excluding hydrogens is 770 g/mol. The minimum Gasteiger partial charge on any atom is -0.496 e. The van der Waals surface area contributed by atoms with Crippen molar-refractivity contribution in [2.75, 3.05) is 18.6 Å². The van der Waals surface area contributed by atoms with Gasteiger partial charge in [-0.2, -0.15) is 13.2 Å². The van der Waals surface area contributed by atoms with Gasteiger partial charge in [0.2, 0.25) is 0 Å². The summed E-state index contributed by atoms with van der Waals surface area (Å²) in [6.07, 6.45) is -6.11. The highest BCUT2D eigenvalue weighted by Crippen LogP contribution is 2.36. The summed E-state index contributed by atoms with van der Waals surface area (Å²) < 4.78 is 143. The van der Waals surface area contributed by atoms with Gasteiger partial charge < -0.3 is 9.47 Å². The van der Waals surface area contributed by atoms with E-state index in [9.17, 15) is 57.2 Å². The lowest BCUT2D eigenvalue weighted by Crippen LogP contribution is -2.30. The average molecular weight is 821 g/mol. The first-order chi connectivity index (χ1) is 24.5. The molecule has 2 aromatic carbocycles. The Hall–Kier alpha value is -3.21. The highest BCUT2D eigenvalue weighted by Gasteiger charge is 2.35. The second kappa shape index (κ2) is 20.1. The van der Waals surface area contributed by atoms with Crippen molar-refractivity contribution in [2.24, 2.45) is 0 Å². The monoisotopic (exact) mass is 820 g/mol. The number of rotatable bonds is 18. The molecule has 17 heteroatoms. The molecule has 0 aliphatic rings. The number of sulfone groups is 2. The van der Waals surface area contributed by atoms with Crippen molar-refractivity contribution in [3.63, 3.8) is 0 Å². The SMILES string of the molecule is CC(C)(C)S(=O)(=O)CCCCCC(=O)Cc1ccc(F)c(OC(F)(F)F)c1.COc1cc(CC(=O)CCCCCS(=O)(=O)C(C)(C)C)ccc1C(F)(F)F. The lowest BCUT2D eigenvalue weighted by Gasteiger charge is -2.18. The van der Waals surface area contributed by atoms with E-state index >= 15 is 0 Å². The minimum absolute atomic E-state index is 0.0226. The topological polar surface area (TPSA) is 121 Å². The van der Waals surface area contributed by atoms with Crippen LogP contribution in [0.3, 0.4) is 0 Å². The zero-order valence-corrected chi connectivity index (χ0v) is 33.3. The minimum atomic E-state index is -5.02. The maximum atomic E-state index is 13.3. The quantitative estimate of drug-likeness (QED) is 0.108. The highest BCUT2D eigenvalue weighted by atomic mass is 32.2. The number of ketones is 2. The molecule has 54 heavy (non-hydrogen) atoms. The molecule has 0 aliphatic carbocycles. The van der Waals surface area contributed by atoms with Crippen molar-refractivity contribution in [3.8, 4) is 11.5 Å². The molecule has 0 bridgehead atoms. The lowest BCUT2D eigenvalue weighted by atomic mass is 10.0. The molecule has 0 fully saturated rings. The van der Waals surface area contributed by atoms with Gasteiger partial charge >= 0.3 is 12.5 Å². The smallest absolute Gasteiger partial charge is 0.496 e. The standard InChI is InChI=1S/C19H27F3O4S.C18H24F4O4S/c1-18(2,3)27(24,25)11-7-5-6-8-15(23)12-14-9-10-16(19(20,21)22)17(13-14)26-4;1-17(2,3)27(24,25)10-6-4-5-7-14(23)11-13-8-9-15(19)16(12-13)26-18(20,21)22/h9-10,13H,5-8,11-12H2,1-4H3;8-9,12H,4-7,10-11H2,1-3H3.